The number of fused-ring (bicyclic) bond motifs is 1. The van der Waals surface area contributed by atoms with Gasteiger partial charge in [0.15, 0.2) is 12.7 Å². The molecule has 9 nitrogen and oxygen atoms in total. The highest BCUT2D eigenvalue weighted by atomic mass is 35.5. The predicted octanol–water partition coefficient (Wildman–Crippen LogP) is 4.00. The molecule has 3 aromatic rings. The van der Waals surface area contributed by atoms with Crippen molar-refractivity contribution in [1.82, 2.24) is 9.62 Å². The molecule has 0 saturated carbocycles. The highest BCUT2D eigenvalue weighted by molar-refractivity contribution is 7.89. The van der Waals surface area contributed by atoms with E-state index in [1.54, 1.807) is 24.3 Å². The van der Waals surface area contributed by atoms with Gasteiger partial charge in [0.25, 0.3) is 11.8 Å². The Kier molecular flexibility index (Phi) is 8.58. The maximum absolute atomic E-state index is 13.3. The van der Waals surface area contributed by atoms with Gasteiger partial charge in [-0.1, -0.05) is 60.5 Å². The van der Waals surface area contributed by atoms with Crippen LogP contribution in [0.3, 0.4) is 0 Å². The maximum atomic E-state index is 13.3. The van der Waals surface area contributed by atoms with Crippen molar-refractivity contribution in [2.45, 2.75) is 36.8 Å². The van der Waals surface area contributed by atoms with Gasteiger partial charge in [0, 0.05) is 19.6 Å². The number of amides is 2. The first-order valence-electron chi connectivity index (χ1n) is 13.1. The number of halogens is 1. The van der Waals surface area contributed by atoms with Crippen molar-refractivity contribution in [2.75, 3.05) is 31.1 Å². The van der Waals surface area contributed by atoms with Crippen LogP contribution >= 0.6 is 11.6 Å². The molecule has 210 valence electrons. The van der Waals surface area contributed by atoms with E-state index < -0.39 is 22.0 Å². The van der Waals surface area contributed by atoms with E-state index in [1.165, 1.54) is 27.4 Å². The van der Waals surface area contributed by atoms with Crippen molar-refractivity contribution in [3.05, 3.63) is 83.4 Å². The number of carbonyl (C=O) groups excluding carboxylic acids is 2. The number of anilines is 1. The van der Waals surface area contributed by atoms with Crippen LogP contribution in [0.15, 0.2) is 77.7 Å². The Balaban J connectivity index is 1.25. The quantitative estimate of drug-likeness (QED) is 0.430. The Labute approximate surface area is 238 Å². The zero-order chi connectivity index (χ0) is 28.1. The average molecular weight is 584 g/mol. The number of hydrogen-bond donors (Lipinski definition) is 1. The minimum Gasteiger partial charge on any atom is -0.482 e. The zero-order valence-corrected chi connectivity index (χ0v) is 23.4. The van der Waals surface area contributed by atoms with Gasteiger partial charge in [-0.3, -0.25) is 9.59 Å². The van der Waals surface area contributed by atoms with E-state index in [4.69, 9.17) is 21.1 Å². The number of sulfonamides is 1. The second-order valence-corrected chi connectivity index (χ2v) is 12.0. The van der Waals surface area contributed by atoms with Crippen LogP contribution in [-0.2, 0) is 26.2 Å². The van der Waals surface area contributed by atoms with E-state index in [0.29, 0.717) is 31.1 Å². The number of carbonyl (C=O) groups is 2. The van der Waals surface area contributed by atoms with Gasteiger partial charge in [0.05, 0.1) is 22.2 Å². The summed E-state index contributed by atoms with van der Waals surface area (Å²) in [6.07, 6.45) is 1.76. The fourth-order valence-electron chi connectivity index (χ4n) is 4.74. The molecule has 1 atom stereocenters. The van der Waals surface area contributed by atoms with Gasteiger partial charge in [0.1, 0.15) is 11.5 Å². The first-order valence-corrected chi connectivity index (χ1v) is 14.9. The molecule has 2 heterocycles. The summed E-state index contributed by atoms with van der Waals surface area (Å²) >= 11 is 6.37. The fourth-order valence-corrected chi connectivity index (χ4v) is 6.58. The predicted molar refractivity (Wildman–Crippen MR) is 151 cm³/mol. The zero-order valence-electron chi connectivity index (χ0n) is 21.8. The molecule has 0 aromatic heterocycles. The van der Waals surface area contributed by atoms with Crippen molar-refractivity contribution in [2.24, 2.45) is 0 Å². The number of para-hydroxylation sites is 2. The Morgan fingerprint density at radius 2 is 1.70 bits per heavy atom. The molecule has 2 aliphatic heterocycles. The summed E-state index contributed by atoms with van der Waals surface area (Å²) < 4.78 is 39.0. The summed E-state index contributed by atoms with van der Waals surface area (Å²) in [5.74, 6) is -0.151. The highest BCUT2D eigenvalue weighted by Gasteiger charge is 2.34. The Hall–Kier alpha value is -3.60. The molecule has 1 unspecified atom stereocenters. The van der Waals surface area contributed by atoms with Crippen molar-refractivity contribution in [3.8, 4) is 11.5 Å². The molecule has 0 aliphatic carbocycles. The summed E-state index contributed by atoms with van der Waals surface area (Å²) in [6.45, 7) is 0.934. The second kappa shape index (κ2) is 12.3. The van der Waals surface area contributed by atoms with Gasteiger partial charge >= 0.3 is 0 Å². The molecule has 2 amide bonds. The number of hydrogen-bond acceptors (Lipinski definition) is 6. The first kappa shape index (κ1) is 27.9. The lowest BCUT2D eigenvalue weighted by atomic mass is 10.1. The maximum Gasteiger partial charge on any atom is 0.265 e. The topological polar surface area (TPSA) is 105 Å². The molecular formula is C29H30ClN3O6S. The van der Waals surface area contributed by atoms with Gasteiger partial charge in [-0.15, -0.1) is 0 Å². The van der Waals surface area contributed by atoms with Crippen LogP contribution in [0, 0.1) is 0 Å². The van der Waals surface area contributed by atoms with Gasteiger partial charge in [-0.25, -0.2) is 8.42 Å². The van der Waals surface area contributed by atoms with Crippen molar-refractivity contribution < 1.29 is 27.5 Å². The van der Waals surface area contributed by atoms with E-state index in [-0.39, 0.29) is 34.7 Å². The van der Waals surface area contributed by atoms with Crippen LogP contribution in [0.4, 0.5) is 5.69 Å². The lowest BCUT2D eigenvalue weighted by Gasteiger charge is -2.34. The summed E-state index contributed by atoms with van der Waals surface area (Å²) in [5, 5.41) is 2.95. The van der Waals surface area contributed by atoms with Gasteiger partial charge in [0.2, 0.25) is 10.0 Å². The molecule has 40 heavy (non-hydrogen) atoms. The molecule has 1 fully saturated rings. The van der Waals surface area contributed by atoms with E-state index in [1.807, 2.05) is 30.3 Å². The van der Waals surface area contributed by atoms with Crippen molar-refractivity contribution >= 4 is 39.1 Å². The molecule has 0 bridgehead atoms. The monoisotopic (exact) mass is 583 g/mol. The van der Waals surface area contributed by atoms with Crippen molar-refractivity contribution in [1.29, 1.82) is 0 Å². The molecule has 1 saturated heterocycles. The second-order valence-electron chi connectivity index (χ2n) is 9.63. The smallest absolute Gasteiger partial charge is 0.265 e. The first-order chi connectivity index (χ1) is 19.3. The number of ether oxygens (including phenoxy) is 2. The van der Waals surface area contributed by atoms with Crippen LogP contribution < -0.4 is 19.7 Å². The number of nitrogens with one attached hydrogen (secondary N) is 1. The molecule has 11 heteroatoms. The van der Waals surface area contributed by atoms with Crippen LogP contribution in [0.1, 0.15) is 24.8 Å². The summed E-state index contributed by atoms with van der Waals surface area (Å²) in [5.41, 5.74) is 1.47. The number of piperidine rings is 1. The Morgan fingerprint density at radius 1 is 0.975 bits per heavy atom. The lowest BCUT2D eigenvalue weighted by Crippen LogP contribution is -2.51. The van der Waals surface area contributed by atoms with Gasteiger partial charge in [-0.05, 0) is 48.7 Å². The van der Waals surface area contributed by atoms with Gasteiger partial charge in [-0.2, -0.15) is 4.31 Å². The van der Waals surface area contributed by atoms with Gasteiger partial charge < -0.3 is 19.7 Å². The third kappa shape index (κ3) is 6.24. The number of rotatable bonds is 8. The summed E-state index contributed by atoms with van der Waals surface area (Å²) in [6, 6.07) is 20.7. The molecule has 0 spiro atoms. The summed E-state index contributed by atoms with van der Waals surface area (Å²) in [4.78, 5) is 27.8. The third-order valence-electron chi connectivity index (χ3n) is 6.88. The molecule has 2 aliphatic rings. The molecular weight excluding hydrogens is 554 g/mol. The van der Waals surface area contributed by atoms with Crippen molar-refractivity contribution in [3.63, 3.8) is 0 Å². The molecule has 1 N–H and O–H groups in total. The number of benzene rings is 3. The minimum atomic E-state index is -3.65. The molecule has 5 rings (SSSR count). The fraction of sp³-hybridized carbons (Fsp3) is 0.310. The van der Waals surface area contributed by atoms with Crippen LogP contribution in [0.2, 0.25) is 5.02 Å². The standard InChI is InChI=1S/C29H30ClN3O6S/c30-23-17-22(40(36,37)32-15-7-2-8-16-32)13-14-25(23)38-20-28(34)33-19-27(39-26-12-6-5-11-24(26)33)29(35)31-18-21-9-3-1-4-10-21/h1,3-6,9-14,17,27H,2,7-8,15-16,18-20H2,(H,31,35). The normalized spacial score (nSPS) is 17.4. The minimum absolute atomic E-state index is 0.000573. The lowest BCUT2D eigenvalue weighted by molar-refractivity contribution is -0.128. The Morgan fingerprint density at radius 3 is 2.45 bits per heavy atom. The van der Waals surface area contributed by atoms with Crippen LogP contribution in [0.5, 0.6) is 11.5 Å². The van der Waals surface area contributed by atoms with E-state index in [9.17, 15) is 18.0 Å². The highest BCUT2D eigenvalue weighted by Crippen LogP contribution is 2.34. The Bertz CT molecular complexity index is 1480. The van der Waals surface area contributed by atoms with Crippen LogP contribution in [-0.4, -0.2) is 56.9 Å². The molecule has 3 aromatic carbocycles. The number of nitrogens with zero attached hydrogens (tertiary/aromatic N) is 2. The SMILES string of the molecule is O=C(NCc1ccccc1)C1CN(C(=O)COc2ccc(S(=O)(=O)N3CCCCC3)cc2Cl)c2ccccc2O1. The average Bonchev–Trinajstić information content (AvgIpc) is 2.99. The largest absolute Gasteiger partial charge is 0.482 e. The summed E-state index contributed by atoms with van der Waals surface area (Å²) in [7, 11) is -3.65. The van der Waals surface area contributed by atoms with E-state index in [2.05, 4.69) is 5.32 Å². The molecule has 0 radical (unpaired) electrons. The third-order valence-corrected chi connectivity index (χ3v) is 9.07. The van der Waals surface area contributed by atoms with E-state index >= 15 is 0 Å². The van der Waals surface area contributed by atoms with E-state index in [0.717, 1.165) is 24.8 Å². The van der Waals surface area contributed by atoms with Crippen LogP contribution in [0.25, 0.3) is 0 Å².